The fourth-order valence-electron chi connectivity index (χ4n) is 5.06. The van der Waals surface area contributed by atoms with Crippen molar-refractivity contribution in [2.45, 2.75) is 31.3 Å². The van der Waals surface area contributed by atoms with Crippen LogP contribution in [0, 0.1) is 5.92 Å². The number of anilines is 2. The maximum Gasteiger partial charge on any atom is 0.0611 e. The van der Waals surface area contributed by atoms with Crippen LogP contribution in [-0.4, -0.2) is 19.1 Å². The quantitative estimate of drug-likeness (QED) is 0.775. The zero-order chi connectivity index (χ0) is 14.5. The van der Waals surface area contributed by atoms with Gasteiger partial charge in [0.2, 0.25) is 0 Å². The lowest BCUT2D eigenvalue weighted by molar-refractivity contribution is 0.374. The molecule has 22 heavy (non-hydrogen) atoms. The summed E-state index contributed by atoms with van der Waals surface area (Å²) in [6, 6.07) is 21.4. The second-order valence-corrected chi connectivity index (χ2v) is 6.89. The van der Waals surface area contributed by atoms with Gasteiger partial charge in [-0.15, -0.1) is 0 Å². The van der Waals surface area contributed by atoms with E-state index in [0.29, 0.717) is 6.04 Å². The summed E-state index contributed by atoms with van der Waals surface area (Å²) in [4.78, 5) is 5.35. The molecule has 0 aliphatic carbocycles. The predicted molar refractivity (Wildman–Crippen MR) is 91.4 cm³/mol. The molecule has 2 aromatic carbocycles. The third-order valence-electron chi connectivity index (χ3n) is 5.89. The van der Waals surface area contributed by atoms with Gasteiger partial charge in [0.15, 0.2) is 0 Å². The van der Waals surface area contributed by atoms with Crippen LogP contribution in [0.15, 0.2) is 54.6 Å². The molecule has 0 aromatic heterocycles. The molecule has 3 atom stereocenters. The monoisotopic (exact) mass is 290 g/mol. The number of benzene rings is 2. The van der Waals surface area contributed by atoms with E-state index < -0.39 is 0 Å². The Labute approximate surface area is 132 Å². The van der Waals surface area contributed by atoms with Gasteiger partial charge in [0.1, 0.15) is 0 Å². The standard InChI is InChI=1S/C20H22N2/c1-2-7-15(8-3-1)21-14-12-17-19-11-6-13-22(19)18-10-5-4-9-16(18)20(17)21/h1-5,7-10,17,19-20H,6,11-14H2/t17-,19-,20+/m1/s1. The molecule has 0 N–H and O–H groups in total. The van der Waals surface area contributed by atoms with Crippen LogP contribution >= 0.6 is 0 Å². The van der Waals surface area contributed by atoms with Crippen LogP contribution < -0.4 is 9.80 Å². The largest absolute Gasteiger partial charge is 0.368 e. The Kier molecular flexibility index (Phi) is 2.73. The Morgan fingerprint density at radius 2 is 1.59 bits per heavy atom. The highest BCUT2D eigenvalue weighted by atomic mass is 15.3. The van der Waals surface area contributed by atoms with Gasteiger partial charge in [0, 0.05) is 36.4 Å². The van der Waals surface area contributed by atoms with Crippen molar-refractivity contribution < 1.29 is 0 Å². The van der Waals surface area contributed by atoms with Gasteiger partial charge in [-0.3, -0.25) is 0 Å². The molecule has 0 saturated carbocycles. The molecule has 5 rings (SSSR count). The molecule has 2 nitrogen and oxygen atoms in total. The van der Waals surface area contributed by atoms with E-state index in [2.05, 4.69) is 64.4 Å². The molecule has 2 heteroatoms. The molecule has 0 amide bonds. The van der Waals surface area contributed by atoms with Gasteiger partial charge in [-0.1, -0.05) is 36.4 Å². The molecule has 3 aliphatic heterocycles. The van der Waals surface area contributed by atoms with Crippen molar-refractivity contribution in [3.8, 4) is 0 Å². The summed E-state index contributed by atoms with van der Waals surface area (Å²) in [7, 11) is 0. The van der Waals surface area contributed by atoms with Crippen molar-refractivity contribution in [2.75, 3.05) is 22.9 Å². The van der Waals surface area contributed by atoms with E-state index >= 15 is 0 Å². The van der Waals surface area contributed by atoms with Crippen LogP contribution in [0.3, 0.4) is 0 Å². The highest BCUT2D eigenvalue weighted by Gasteiger charge is 2.48. The van der Waals surface area contributed by atoms with Gasteiger partial charge < -0.3 is 9.80 Å². The van der Waals surface area contributed by atoms with Gasteiger partial charge in [-0.2, -0.15) is 0 Å². The topological polar surface area (TPSA) is 6.48 Å². The highest BCUT2D eigenvalue weighted by Crippen LogP contribution is 2.52. The van der Waals surface area contributed by atoms with E-state index in [1.165, 1.54) is 43.7 Å². The lowest BCUT2D eigenvalue weighted by Gasteiger charge is -2.44. The fraction of sp³-hybridized carbons (Fsp3) is 0.400. The maximum atomic E-state index is 2.70. The maximum absolute atomic E-state index is 2.70. The Bertz CT molecular complexity index is 681. The summed E-state index contributed by atoms with van der Waals surface area (Å²) in [5, 5.41) is 0. The first-order valence-electron chi connectivity index (χ1n) is 8.61. The van der Waals surface area contributed by atoms with E-state index in [4.69, 9.17) is 0 Å². The molecular weight excluding hydrogens is 268 g/mol. The van der Waals surface area contributed by atoms with Crippen molar-refractivity contribution in [2.24, 2.45) is 5.92 Å². The zero-order valence-electron chi connectivity index (χ0n) is 12.9. The van der Waals surface area contributed by atoms with E-state index in [9.17, 15) is 0 Å². The number of hydrogen-bond donors (Lipinski definition) is 0. The first-order chi connectivity index (χ1) is 10.9. The average Bonchev–Trinajstić information content (AvgIpc) is 3.23. The Balaban J connectivity index is 1.64. The van der Waals surface area contributed by atoms with E-state index in [1.807, 2.05) is 0 Å². The predicted octanol–water partition coefficient (Wildman–Crippen LogP) is 4.24. The van der Waals surface area contributed by atoms with Crippen molar-refractivity contribution in [1.82, 2.24) is 0 Å². The SMILES string of the molecule is c1ccc(N2CC[C@@H]3[C@H]4CCCN4c4ccccc4[C@@H]32)cc1. The van der Waals surface area contributed by atoms with Crippen molar-refractivity contribution in [3.63, 3.8) is 0 Å². The van der Waals surface area contributed by atoms with E-state index in [1.54, 1.807) is 5.56 Å². The number of nitrogens with zero attached hydrogens (tertiary/aromatic N) is 2. The molecule has 0 unspecified atom stereocenters. The lowest BCUT2D eigenvalue weighted by atomic mass is 9.81. The molecule has 112 valence electrons. The molecule has 0 spiro atoms. The summed E-state index contributed by atoms with van der Waals surface area (Å²) in [6.45, 7) is 2.44. The number of fused-ring (bicyclic) bond motifs is 6. The second-order valence-electron chi connectivity index (χ2n) is 6.89. The first kappa shape index (κ1) is 12.6. The fourth-order valence-corrected chi connectivity index (χ4v) is 5.06. The number of para-hydroxylation sites is 2. The average molecular weight is 290 g/mol. The van der Waals surface area contributed by atoms with Crippen LogP contribution in [0.2, 0.25) is 0 Å². The Morgan fingerprint density at radius 3 is 2.50 bits per heavy atom. The zero-order valence-corrected chi connectivity index (χ0v) is 12.9. The van der Waals surface area contributed by atoms with E-state index in [-0.39, 0.29) is 0 Å². The molecule has 0 bridgehead atoms. The lowest BCUT2D eigenvalue weighted by Crippen LogP contribution is -2.44. The van der Waals surface area contributed by atoms with Crippen molar-refractivity contribution in [3.05, 3.63) is 60.2 Å². The highest BCUT2D eigenvalue weighted by molar-refractivity contribution is 5.63. The van der Waals surface area contributed by atoms with Gasteiger partial charge in [0.25, 0.3) is 0 Å². The summed E-state index contributed by atoms with van der Waals surface area (Å²) in [6.07, 6.45) is 4.06. The summed E-state index contributed by atoms with van der Waals surface area (Å²) in [5.41, 5.74) is 4.43. The van der Waals surface area contributed by atoms with Crippen LogP contribution in [0.1, 0.15) is 30.9 Å². The third-order valence-corrected chi connectivity index (χ3v) is 5.89. The molecule has 2 aromatic rings. The van der Waals surface area contributed by atoms with Gasteiger partial charge in [-0.25, -0.2) is 0 Å². The van der Waals surface area contributed by atoms with Crippen LogP contribution in [-0.2, 0) is 0 Å². The van der Waals surface area contributed by atoms with Crippen LogP contribution in [0.25, 0.3) is 0 Å². The Hall–Kier alpha value is -1.96. The molecule has 3 heterocycles. The minimum atomic E-state index is 0.568. The Morgan fingerprint density at radius 1 is 0.773 bits per heavy atom. The summed E-state index contributed by atoms with van der Waals surface area (Å²) < 4.78 is 0. The number of hydrogen-bond acceptors (Lipinski definition) is 2. The smallest absolute Gasteiger partial charge is 0.0611 e. The molecular formula is C20H22N2. The summed E-state index contributed by atoms with van der Waals surface area (Å²) in [5.74, 6) is 0.789. The summed E-state index contributed by atoms with van der Waals surface area (Å²) >= 11 is 0. The minimum absolute atomic E-state index is 0.568. The van der Waals surface area contributed by atoms with Crippen molar-refractivity contribution >= 4 is 11.4 Å². The minimum Gasteiger partial charge on any atom is -0.368 e. The first-order valence-corrected chi connectivity index (χ1v) is 8.61. The molecule has 3 aliphatic rings. The van der Waals surface area contributed by atoms with Gasteiger partial charge in [-0.05, 0) is 43.0 Å². The second kappa shape index (κ2) is 4.77. The molecule has 2 fully saturated rings. The normalized spacial score (nSPS) is 29.2. The van der Waals surface area contributed by atoms with Gasteiger partial charge >= 0.3 is 0 Å². The van der Waals surface area contributed by atoms with Crippen molar-refractivity contribution in [1.29, 1.82) is 0 Å². The number of rotatable bonds is 1. The van der Waals surface area contributed by atoms with Gasteiger partial charge in [0.05, 0.1) is 6.04 Å². The molecule has 2 saturated heterocycles. The van der Waals surface area contributed by atoms with Crippen LogP contribution in [0.4, 0.5) is 11.4 Å². The molecule has 0 radical (unpaired) electrons. The van der Waals surface area contributed by atoms with E-state index in [0.717, 1.165) is 12.0 Å². The third kappa shape index (κ3) is 1.67. The van der Waals surface area contributed by atoms with Crippen LogP contribution in [0.5, 0.6) is 0 Å².